The Balaban J connectivity index is 0.000000182. The van der Waals surface area contributed by atoms with Gasteiger partial charge in [-0.25, -0.2) is 0 Å². The zero-order valence-corrected chi connectivity index (χ0v) is 19.0. The average Bonchev–Trinajstić information content (AvgIpc) is 2.87. The van der Waals surface area contributed by atoms with Crippen LogP contribution in [0.1, 0.15) is 17.5 Å². The highest BCUT2D eigenvalue weighted by Crippen LogP contribution is 2.48. The maximum Gasteiger partial charge on any atom is 0.0677 e. The molecule has 0 saturated heterocycles. The van der Waals surface area contributed by atoms with Crippen molar-refractivity contribution >= 4 is 10.4 Å². The van der Waals surface area contributed by atoms with Crippen LogP contribution in [0, 0.1) is 0 Å². The van der Waals surface area contributed by atoms with E-state index >= 15 is 0 Å². The highest BCUT2D eigenvalue weighted by molar-refractivity contribution is 8.30. The van der Waals surface area contributed by atoms with Gasteiger partial charge >= 0.3 is 0 Å². The fourth-order valence-electron chi connectivity index (χ4n) is 3.58. The molecule has 0 saturated carbocycles. The fraction of sp³-hybridized carbons (Fsp3) is 0.111. The van der Waals surface area contributed by atoms with Crippen LogP contribution in [0.4, 0.5) is 0 Å². The topological polar surface area (TPSA) is 104 Å². The van der Waals surface area contributed by atoms with Crippen LogP contribution in [0.5, 0.6) is 0 Å². The third kappa shape index (κ3) is 5.65. The number of rotatable bonds is 6. The van der Waals surface area contributed by atoms with E-state index in [4.69, 9.17) is 21.7 Å². The molecule has 0 aromatic heterocycles. The summed E-state index contributed by atoms with van der Waals surface area (Å²) in [6, 6.07) is 39.9. The zero-order chi connectivity index (χ0) is 22.9. The van der Waals surface area contributed by atoms with Gasteiger partial charge in [0.25, 0.3) is 0 Å². The van der Waals surface area contributed by atoms with Crippen molar-refractivity contribution in [3.05, 3.63) is 132 Å². The van der Waals surface area contributed by atoms with Crippen LogP contribution >= 0.6 is 10.4 Å². The molecular formula is C27H32N4S. The molecule has 0 spiro atoms. The zero-order valence-electron chi connectivity index (χ0n) is 18.2. The Labute approximate surface area is 192 Å². The standard InChI is InChI=1S/C15H18N2.C12H14N2S/c16-12-11-15(17,13-7-3-1-4-8-13)14-9-5-2-6-10-14;13-15(14,11-7-3-1-4-8-11)12-9-5-2-6-10-12/h1-10H,11-12,16-17H2;1-10H,13-14H2. The first kappa shape index (κ1) is 23.7. The molecule has 8 N–H and O–H groups in total. The quantitative estimate of drug-likeness (QED) is 0.340. The molecule has 0 amide bonds. The van der Waals surface area contributed by atoms with E-state index in [2.05, 4.69) is 24.3 Å². The Morgan fingerprint density at radius 2 is 0.844 bits per heavy atom. The van der Waals surface area contributed by atoms with E-state index in [1.54, 1.807) is 0 Å². The van der Waals surface area contributed by atoms with E-state index in [0.717, 1.165) is 27.3 Å². The van der Waals surface area contributed by atoms with E-state index in [1.807, 2.05) is 97.1 Å². The molecule has 0 aliphatic rings. The number of hydrogen-bond acceptors (Lipinski definition) is 4. The summed E-state index contributed by atoms with van der Waals surface area (Å²) in [6.45, 7) is 0.570. The average molecular weight is 445 g/mol. The molecule has 0 heterocycles. The van der Waals surface area contributed by atoms with Crippen molar-refractivity contribution in [2.75, 3.05) is 6.54 Å². The second-order valence-electron chi connectivity index (χ2n) is 7.58. The third-order valence-corrected chi connectivity index (χ3v) is 7.49. The third-order valence-electron chi connectivity index (χ3n) is 5.38. The van der Waals surface area contributed by atoms with Gasteiger partial charge in [0.1, 0.15) is 0 Å². The minimum absolute atomic E-state index is 0.489. The molecule has 4 rings (SSSR count). The lowest BCUT2D eigenvalue weighted by molar-refractivity contribution is 0.500. The second kappa shape index (κ2) is 11.1. The van der Waals surface area contributed by atoms with Crippen LogP contribution < -0.4 is 21.7 Å². The van der Waals surface area contributed by atoms with Crippen LogP contribution in [-0.2, 0) is 5.54 Å². The van der Waals surface area contributed by atoms with E-state index in [1.165, 1.54) is 0 Å². The first-order valence-corrected chi connectivity index (χ1v) is 12.3. The second-order valence-corrected chi connectivity index (χ2v) is 9.94. The van der Waals surface area contributed by atoms with E-state index in [-0.39, 0.29) is 0 Å². The van der Waals surface area contributed by atoms with Gasteiger partial charge in [-0.1, -0.05) is 107 Å². The lowest BCUT2D eigenvalue weighted by Gasteiger charge is -2.31. The minimum atomic E-state index is -1.84. The van der Waals surface area contributed by atoms with Crippen molar-refractivity contribution in [2.24, 2.45) is 21.7 Å². The molecule has 0 aliphatic carbocycles. The maximum atomic E-state index is 6.57. The molecule has 4 nitrogen and oxygen atoms in total. The highest BCUT2D eigenvalue weighted by atomic mass is 32.3. The van der Waals surface area contributed by atoms with Crippen LogP contribution in [0.25, 0.3) is 0 Å². The van der Waals surface area contributed by atoms with Gasteiger partial charge in [0, 0.05) is 9.79 Å². The van der Waals surface area contributed by atoms with Crippen molar-refractivity contribution in [1.82, 2.24) is 0 Å². The molecule has 0 radical (unpaired) electrons. The maximum absolute atomic E-state index is 6.57. The number of hydrogen-bond donors (Lipinski definition) is 4. The van der Waals surface area contributed by atoms with Crippen LogP contribution in [0.15, 0.2) is 131 Å². The smallest absolute Gasteiger partial charge is 0.0677 e. The number of nitrogens with two attached hydrogens (primary N) is 4. The molecule has 0 unspecified atom stereocenters. The summed E-state index contributed by atoms with van der Waals surface area (Å²) in [5.41, 5.74) is 14.0. The molecule has 0 aliphatic heterocycles. The van der Waals surface area contributed by atoms with Gasteiger partial charge in [-0.05, 0) is 48.4 Å². The SMILES string of the molecule is NCCC(N)(c1ccccc1)c1ccccc1.NS(N)(c1ccccc1)c1ccccc1. The van der Waals surface area contributed by atoms with E-state index < -0.39 is 15.9 Å². The summed E-state index contributed by atoms with van der Waals surface area (Å²) in [4.78, 5) is 1.99. The first-order valence-electron chi connectivity index (χ1n) is 10.6. The Morgan fingerprint density at radius 3 is 1.16 bits per heavy atom. The summed E-state index contributed by atoms with van der Waals surface area (Å²) in [7, 11) is -1.84. The van der Waals surface area contributed by atoms with Gasteiger partial charge in [0.05, 0.1) is 5.54 Å². The summed E-state index contributed by atoms with van der Waals surface area (Å²) in [6.07, 6.45) is 0.737. The fourth-order valence-corrected chi connectivity index (χ4v) is 5.07. The van der Waals surface area contributed by atoms with Crippen molar-refractivity contribution in [1.29, 1.82) is 0 Å². The molecular weight excluding hydrogens is 412 g/mol. The Hall–Kier alpha value is -2.93. The molecule has 4 aromatic carbocycles. The van der Waals surface area contributed by atoms with Gasteiger partial charge in [0.15, 0.2) is 0 Å². The summed E-state index contributed by atoms with van der Waals surface area (Å²) in [5, 5.41) is 12.4. The molecule has 0 bridgehead atoms. The van der Waals surface area contributed by atoms with Crippen LogP contribution in [0.3, 0.4) is 0 Å². The Kier molecular flexibility index (Phi) is 8.22. The highest BCUT2D eigenvalue weighted by Gasteiger charge is 2.28. The summed E-state index contributed by atoms with van der Waals surface area (Å²) in [5.74, 6) is 0. The minimum Gasteiger partial charge on any atom is -0.330 e. The molecule has 166 valence electrons. The summed E-state index contributed by atoms with van der Waals surface area (Å²) < 4.78 is 0. The molecule has 5 heteroatoms. The van der Waals surface area contributed by atoms with E-state index in [0.29, 0.717) is 6.54 Å². The molecule has 0 fully saturated rings. The lowest BCUT2D eigenvalue weighted by Crippen LogP contribution is -2.39. The first-order chi connectivity index (χ1) is 15.5. The largest absolute Gasteiger partial charge is 0.330 e. The monoisotopic (exact) mass is 444 g/mol. The van der Waals surface area contributed by atoms with Crippen molar-refractivity contribution < 1.29 is 0 Å². The number of benzene rings is 4. The van der Waals surface area contributed by atoms with Gasteiger partial charge < -0.3 is 11.5 Å². The predicted molar refractivity (Wildman–Crippen MR) is 137 cm³/mol. The van der Waals surface area contributed by atoms with Crippen LogP contribution in [-0.4, -0.2) is 6.54 Å². The van der Waals surface area contributed by atoms with Crippen molar-refractivity contribution in [3.8, 4) is 0 Å². The van der Waals surface area contributed by atoms with Gasteiger partial charge in [0.2, 0.25) is 0 Å². The van der Waals surface area contributed by atoms with Gasteiger partial charge in [-0.3, -0.25) is 10.3 Å². The predicted octanol–water partition coefficient (Wildman–Crippen LogP) is 4.89. The Morgan fingerprint density at radius 1 is 0.531 bits per heavy atom. The molecule has 4 aromatic rings. The molecule has 0 atom stereocenters. The van der Waals surface area contributed by atoms with Gasteiger partial charge in [-0.15, -0.1) is 0 Å². The van der Waals surface area contributed by atoms with E-state index in [9.17, 15) is 0 Å². The van der Waals surface area contributed by atoms with Gasteiger partial charge in [-0.2, -0.15) is 0 Å². The van der Waals surface area contributed by atoms with Crippen LogP contribution in [0.2, 0.25) is 0 Å². The summed E-state index contributed by atoms with van der Waals surface area (Å²) >= 11 is 0. The lowest BCUT2D eigenvalue weighted by atomic mass is 9.81. The van der Waals surface area contributed by atoms with Crippen molar-refractivity contribution in [3.63, 3.8) is 0 Å². The molecule has 32 heavy (non-hydrogen) atoms. The van der Waals surface area contributed by atoms with Crippen molar-refractivity contribution in [2.45, 2.75) is 21.8 Å². The normalized spacial score (nSPS) is 11.9. The Bertz CT molecular complexity index is 975.